The van der Waals surface area contributed by atoms with Gasteiger partial charge in [-0.3, -0.25) is 0 Å². The molecule has 0 amide bonds. The van der Waals surface area contributed by atoms with E-state index < -0.39 is 0 Å². The van der Waals surface area contributed by atoms with Crippen molar-refractivity contribution in [3.05, 3.63) is 11.8 Å². The number of aryl methyl sites for hydroxylation is 1. The van der Waals surface area contributed by atoms with Crippen LogP contribution in [0.2, 0.25) is 0 Å². The molecule has 1 unspecified atom stereocenters. The number of hydrogen-bond donors (Lipinski definition) is 0. The van der Waals surface area contributed by atoms with E-state index in [2.05, 4.69) is 44.8 Å². The van der Waals surface area contributed by atoms with Crippen molar-refractivity contribution in [2.45, 2.75) is 47.5 Å². The van der Waals surface area contributed by atoms with Crippen molar-refractivity contribution in [3.8, 4) is 0 Å². The van der Waals surface area contributed by atoms with Gasteiger partial charge in [0.1, 0.15) is 0 Å². The van der Waals surface area contributed by atoms with Crippen LogP contribution >= 0.6 is 0 Å². The Balaban J connectivity index is 3.01. The highest BCUT2D eigenvalue weighted by molar-refractivity contribution is 4.98. The summed E-state index contributed by atoms with van der Waals surface area (Å²) < 4.78 is 5.51. The standard InChI is InChI=1S/C11H20N2O/c1-7(2)9(11(4,5)6)10-13-12-8(3)14-10/h7,9H,1-6H3. The van der Waals surface area contributed by atoms with Gasteiger partial charge in [0.25, 0.3) is 0 Å². The van der Waals surface area contributed by atoms with E-state index >= 15 is 0 Å². The average molecular weight is 196 g/mol. The molecule has 1 rings (SSSR count). The van der Waals surface area contributed by atoms with Gasteiger partial charge >= 0.3 is 0 Å². The van der Waals surface area contributed by atoms with E-state index in [0.717, 1.165) is 5.89 Å². The van der Waals surface area contributed by atoms with Crippen LogP contribution < -0.4 is 0 Å². The molecule has 0 aliphatic carbocycles. The summed E-state index contributed by atoms with van der Waals surface area (Å²) in [5, 5.41) is 8.00. The van der Waals surface area contributed by atoms with Crippen molar-refractivity contribution in [2.24, 2.45) is 11.3 Å². The maximum atomic E-state index is 5.51. The Morgan fingerprint density at radius 2 is 1.71 bits per heavy atom. The van der Waals surface area contributed by atoms with Crippen molar-refractivity contribution in [3.63, 3.8) is 0 Å². The van der Waals surface area contributed by atoms with Gasteiger partial charge in [-0.05, 0) is 11.3 Å². The summed E-state index contributed by atoms with van der Waals surface area (Å²) in [6.45, 7) is 12.8. The molecule has 0 spiro atoms. The second kappa shape index (κ2) is 3.71. The molecule has 1 heterocycles. The summed E-state index contributed by atoms with van der Waals surface area (Å²) in [5.74, 6) is 2.25. The van der Waals surface area contributed by atoms with Crippen LogP contribution in [0.3, 0.4) is 0 Å². The number of aromatic nitrogens is 2. The summed E-state index contributed by atoms with van der Waals surface area (Å²) >= 11 is 0. The Hall–Kier alpha value is -0.860. The van der Waals surface area contributed by atoms with Crippen molar-refractivity contribution in [1.82, 2.24) is 10.2 Å². The van der Waals surface area contributed by atoms with E-state index in [1.54, 1.807) is 0 Å². The minimum Gasteiger partial charge on any atom is -0.425 e. The molecule has 0 aliphatic rings. The predicted molar refractivity (Wildman–Crippen MR) is 56.1 cm³/mol. The topological polar surface area (TPSA) is 38.9 Å². The van der Waals surface area contributed by atoms with Gasteiger partial charge in [0.15, 0.2) is 0 Å². The highest BCUT2D eigenvalue weighted by atomic mass is 16.4. The van der Waals surface area contributed by atoms with Crippen LogP contribution in [0.5, 0.6) is 0 Å². The summed E-state index contributed by atoms with van der Waals surface area (Å²) in [7, 11) is 0. The molecule has 0 fully saturated rings. The molecule has 0 saturated carbocycles. The number of nitrogens with zero attached hydrogens (tertiary/aromatic N) is 2. The molecular formula is C11H20N2O. The van der Waals surface area contributed by atoms with Crippen LogP contribution in [0.4, 0.5) is 0 Å². The highest BCUT2D eigenvalue weighted by Crippen LogP contribution is 2.39. The monoisotopic (exact) mass is 196 g/mol. The third kappa shape index (κ3) is 2.34. The summed E-state index contributed by atoms with van der Waals surface area (Å²) in [4.78, 5) is 0. The molecule has 1 aromatic rings. The van der Waals surface area contributed by atoms with Gasteiger partial charge in [-0.25, -0.2) is 0 Å². The van der Waals surface area contributed by atoms with Crippen LogP contribution in [0.25, 0.3) is 0 Å². The molecule has 3 heteroatoms. The smallest absolute Gasteiger partial charge is 0.220 e. The minimum atomic E-state index is 0.160. The average Bonchev–Trinajstić information content (AvgIpc) is 2.31. The zero-order chi connectivity index (χ0) is 10.9. The lowest BCUT2D eigenvalue weighted by Crippen LogP contribution is -2.23. The molecule has 1 atom stereocenters. The highest BCUT2D eigenvalue weighted by Gasteiger charge is 2.33. The van der Waals surface area contributed by atoms with Gasteiger partial charge in [-0.2, -0.15) is 0 Å². The Kier molecular flexibility index (Phi) is 2.98. The Labute approximate surface area is 85.9 Å². The molecule has 80 valence electrons. The van der Waals surface area contributed by atoms with Crippen LogP contribution in [0.1, 0.15) is 52.3 Å². The van der Waals surface area contributed by atoms with E-state index in [0.29, 0.717) is 17.7 Å². The number of hydrogen-bond acceptors (Lipinski definition) is 3. The third-order valence-corrected chi connectivity index (χ3v) is 2.41. The molecule has 3 nitrogen and oxygen atoms in total. The van der Waals surface area contributed by atoms with E-state index in [1.807, 2.05) is 6.92 Å². The van der Waals surface area contributed by atoms with Crippen molar-refractivity contribution >= 4 is 0 Å². The summed E-state index contributed by atoms with van der Waals surface area (Å²) in [6, 6.07) is 0. The molecule has 0 saturated heterocycles. The molecular weight excluding hydrogens is 176 g/mol. The van der Waals surface area contributed by atoms with Gasteiger partial charge < -0.3 is 4.42 Å². The van der Waals surface area contributed by atoms with Gasteiger partial charge in [0.2, 0.25) is 11.8 Å². The van der Waals surface area contributed by atoms with Gasteiger partial charge in [-0.1, -0.05) is 34.6 Å². The SMILES string of the molecule is Cc1nnc(C(C(C)C)C(C)(C)C)o1. The Bertz CT molecular complexity index is 296. The number of rotatable bonds is 2. The first kappa shape index (κ1) is 11.2. The lowest BCUT2D eigenvalue weighted by molar-refractivity contribution is 0.215. The van der Waals surface area contributed by atoms with Crippen molar-refractivity contribution < 1.29 is 4.42 Å². The molecule has 0 aromatic carbocycles. The van der Waals surface area contributed by atoms with Crippen molar-refractivity contribution in [2.75, 3.05) is 0 Å². The Morgan fingerprint density at radius 3 is 2.00 bits per heavy atom. The first-order valence-electron chi connectivity index (χ1n) is 5.12. The molecule has 0 bridgehead atoms. The van der Waals surface area contributed by atoms with Crippen LogP contribution in [0.15, 0.2) is 4.42 Å². The molecule has 14 heavy (non-hydrogen) atoms. The normalized spacial score (nSPS) is 14.8. The Morgan fingerprint density at radius 1 is 1.14 bits per heavy atom. The minimum absolute atomic E-state index is 0.160. The summed E-state index contributed by atoms with van der Waals surface area (Å²) in [5.41, 5.74) is 0.160. The second-order valence-corrected chi connectivity index (χ2v) is 5.25. The zero-order valence-electron chi connectivity index (χ0n) is 9.96. The fourth-order valence-corrected chi connectivity index (χ4v) is 2.09. The maximum Gasteiger partial charge on any atom is 0.220 e. The quantitative estimate of drug-likeness (QED) is 0.729. The van der Waals surface area contributed by atoms with Gasteiger partial charge in [0.05, 0.1) is 0 Å². The fourth-order valence-electron chi connectivity index (χ4n) is 2.09. The molecule has 1 aromatic heterocycles. The lowest BCUT2D eigenvalue weighted by Gasteiger charge is -2.30. The van der Waals surface area contributed by atoms with Gasteiger partial charge in [0, 0.05) is 12.8 Å². The molecule has 0 N–H and O–H groups in total. The van der Waals surface area contributed by atoms with E-state index in [-0.39, 0.29) is 5.41 Å². The molecule has 0 aliphatic heterocycles. The predicted octanol–water partition coefficient (Wildman–Crippen LogP) is 3.16. The van der Waals surface area contributed by atoms with Gasteiger partial charge in [-0.15, -0.1) is 10.2 Å². The van der Waals surface area contributed by atoms with E-state index in [4.69, 9.17) is 4.42 Å². The lowest BCUT2D eigenvalue weighted by atomic mass is 9.74. The van der Waals surface area contributed by atoms with Crippen LogP contribution in [0, 0.1) is 18.3 Å². The third-order valence-electron chi connectivity index (χ3n) is 2.41. The zero-order valence-corrected chi connectivity index (χ0v) is 9.96. The molecule has 0 radical (unpaired) electrons. The fraction of sp³-hybridized carbons (Fsp3) is 0.818. The largest absolute Gasteiger partial charge is 0.425 e. The van der Waals surface area contributed by atoms with Crippen LogP contribution in [-0.4, -0.2) is 10.2 Å². The van der Waals surface area contributed by atoms with E-state index in [9.17, 15) is 0 Å². The van der Waals surface area contributed by atoms with Crippen molar-refractivity contribution in [1.29, 1.82) is 0 Å². The maximum absolute atomic E-state index is 5.51. The van der Waals surface area contributed by atoms with E-state index in [1.165, 1.54) is 0 Å². The summed E-state index contributed by atoms with van der Waals surface area (Å²) in [6.07, 6.45) is 0. The van der Waals surface area contributed by atoms with Crippen LogP contribution in [-0.2, 0) is 0 Å². The first-order valence-corrected chi connectivity index (χ1v) is 5.12. The first-order chi connectivity index (χ1) is 6.32. The second-order valence-electron chi connectivity index (χ2n) is 5.25.